The highest BCUT2D eigenvalue weighted by Crippen LogP contribution is 2.47. The fourth-order valence-electron chi connectivity index (χ4n) is 3.89. The van der Waals surface area contributed by atoms with Crippen molar-refractivity contribution >= 4 is 5.78 Å². The van der Waals surface area contributed by atoms with Crippen LogP contribution < -0.4 is 0 Å². The molecule has 0 aliphatic carbocycles. The summed E-state index contributed by atoms with van der Waals surface area (Å²) >= 11 is 0. The van der Waals surface area contributed by atoms with Gasteiger partial charge in [0.2, 0.25) is 0 Å². The standard InChI is InChI=1S/C24H23NO2/c1-25(2)21-19-15-9-10-16-20(19)24(22(26)17-11-5-3-6-12-17)27-23(21)18-13-7-4-8-14-18/h3-16,21,23-24H,1-2H3/t21-,23+,24+/m0/s1. The van der Waals surface area contributed by atoms with Gasteiger partial charge in [-0.15, -0.1) is 0 Å². The predicted octanol–water partition coefficient (Wildman–Crippen LogP) is 4.98. The molecule has 0 bridgehead atoms. The smallest absolute Gasteiger partial charge is 0.196 e. The fourth-order valence-corrected chi connectivity index (χ4v) is 3.89. The van der Waals surface area contributed by atoms with Crippen molar-refractivity contribution < 1.29 is 9.53 Å². The van der Waals surface area contributed by atoms with E-state index in [1.807, 2.05) is 66.7 Å². The van der Waals surface area contributed by atoms with Gasteiger partial charge in [0.15, 0.2) is 5.78 Å². The first-order valence-electron chi connectivity index (χ1n) is 9.21. The molecule has 1 aliphatic heterocycles. The molecule has 1 aliphatic rings. The first kappa shape index (κ1) is 17.7. The topological polar surface area (TPSA) is 29.5 Å². The van der Waals surface area contributed by atoms with Crippen LogP contribution in [-0.2, 0) is 4.74 Å². The van der Waals surface area contributed by atoms with E-state index in [-0.39, 0.29) is 17.9 Å². The lowest BCUT2D eigenvalue weighted by molar-refractivity contribution is -0.0579. The Kier molecular flexibility index (Phi) is 4.88. The maximum atomic E-state index is 13.3. The Labute approximate surface area is 160 Å². The molecule has 0 radical (unpaired) electrons. The monoisotopic (exact) mass is 357 g/mol. The van der Waals surface area contributed by atoms with Crippen LogP contribution in [0.15, 0.2) is 84.9 Å². The molecule has 0 saturated heterocycles. The summed E-state index contributed by atoms with van der Waals surface area (Å²) in [5.74, 6) is 0.00110. The van der Waals surface area contributed by atoms with Crippen molar-refractivity contribution in [2.45, 2.75) is 18.2 Å². The first-order valence-corrected chi connectivity index (χ1v) is 9.21. The van der Waals surface area contributed by atoms with E-state index in [1.54, 1.807) is 0 Å². The average Bonchev–Trinajstić information content (AvgIpc) is 2.73. The SMILES string of the molecule is CN(C)[C@H]1c2ccccc2[C@H](C(=O)c2ccccc2)O[C@@H]1c1ccccc1. The van der Waals surface area contributed by atoms with E-state index in [9.17, 15) is 4.79 Å². The third-order valence-corrected chi connectivity index (χ3v) is 5.15. The van der Waals surface area contributed by atoms with Gasteiger partial charge < -0.3 is 4.74 Å². The molecule has 3 atom stereocenters. The zero-order chi connectivity index (χ0) is 18.8. The summed E-state index contributed by atoms with van der Waals surface area (Å²) in [6.07, 6.45) is -0.821. The van der Waals surface area contributed by atoms with E-state index in [0.29, 0.717) is 5.56 Å². The van der Waals surface area contributed by atoms with Crippen LogP contribution in [0.25, 0.3) is 0 Å². The third-order valence-electron chi connectivity index (χ3n) is 5.15. The van der Waals surface area contributed by atoms with E-state index in [2.05, 4.69) is 37.2 Å². The van der Waals surface area contributed by atoms with Crippen LogP contribution in [0.1, 0.15) is 45.3 Å². The molecule has 3 heteroatoms. The Morgan fingerprint density at radius 2 is 1.33 bits per heavy atom. The van der Waals surface area contributed by atoms with E-state index < -0.39 is 6.10 Å². The molecular formula is C24H23NO2. The molecule has 3 nitrogen and oxygen atoms in total. The van der Waals surface area contributed by atoms with Crippen LogP contribution >= 0.6 is 0 Å². The minimum Gasteiger partial charge on any atom is -0.355 e. The number of benzene rings is 3. The molecule has 0 aromatic heterocycles. The van der Waals surface area contributed by atoms with E-state index >= 15 is 0 Å². The predicted molar refractivity (Wildman–Crippen MR) is 107 cm³/mol. The lowest BCUT2D eigenvalue weighted by Gasteiger charge is -2.41. The van der Waals surface area contributed by atoms with E-state index in [1.165, 1.54) is 0 Å². The van der Waals surface area contributed by atoms with Crippen molar-refractivity contribution in [2.75, 3.05) is 14.1 Å². The van der Waals surface area contributed by atoms with E-state index in [0.717, 1.165) is 16.7 Å². The molecule has 0 fully saturated rings. The number of hydrogen-bond acceptors (Lipinski definition) is 3. The van der Waals surface area contributed by atoms with Gasteiger partial charge in [0.05, 0.1) is 6.04 Å². The molecule has 3 aromatic carbocycles. The van der Waals surface area contributed by atoms with Gasteiger partial charge in [0.25, 0.3) is 0 Å². The van der Waals surface area contributed by atoms with Gasteiger partial charge in [-0.2, -0.15) is 0 Å². The van der Waals surface area contributed by atoms with Crippen molar-refractivity contribution in [1.29, 1.82) is 0 Å². The van der Waals surface area contributed by atoms with Crippen molar-refractivity contribution in [3.63, 3.8) is 0 Å². The molecule has 0 N–H and O–H groups in total. The Hall–Kier alpha value is -2.75. The fraction of sp³-hybridized carbons (Fsp3) is 0.208. The van der Waals surface area contributed by atoms with Crippen LogP contribution in [0, 0.1) is 0 Å². The third kappa shape index (κ3) is 3.32. The summed E-state index contributed by atoms with van der Waals surface area (Å²) in [7, 11) is 4.11. The number of ether oxygens (including phenoxy) is 1. The van der Waals surface area contributed by atoms with Crippen LogP contribution in [-0.4, -0.2) is 24.8 Å². The summed E-state index contributed by atoms with van der Waals surface area (Å²) < 4.78 is 6.50. The second kappa shape index (κ2) is 7.47. The van der Waals surface area contributed by atoms with Gasteiger partial charge in [0, 0.05) is 5.56 Å². The number of hydrogen-bond donors (Lipinski definition) is 0. The van der Waals surface area contributed by atoms with Gasteiger partial charge in [0.1, 0.15) is 12.2 Å². The van der Waals surface area contributed by atoms with Crippen molar-refractivity contribution in [1.82, 2.24) is 4.90 Å². The molecule has 4 rings (SSSR count). The molecular weight excluding hydrogens is 334 g/mol. The quantitative estimate of drug-likeness (QED) is 0.617. The first-order chi connectivity index (χ1) is 13.2. The van der Waals surface area contributed by atoms with Crippen molar-refractivity contribution in [2.24, 2.45) is 0 Å². The highest BCUT2D eigenvalue weighted by Gasteiger charge is 2.40. The lowest BCUT2D eigenvalue weighted by atomic mass is 9.84. The number of likely N-dealkylation sites (N-methyl/N-ethyl adjacent to an activating group) is 1. The van der Waals surface area contributed by atoms with Gasteiger partial charge in [-0.3, -0.25) is 9.69 Å². The number of rotatable bonds is 4. The minimum atomic E-state index is -0.606. The van der Waals surface area contributed by atoms with E-state index in [4.69, 9.17) is 4.74 Å². The van der Waals surface area contributed by atoms with Crippen LogP contribution in [0.3, 0.4) is 0 Å². The summed E-state index contributed by atoms with van der Waals surface area (Å²) in [6, 6.07) is 27.7. The van der Waals surface area contributed by atoms with Gasteiger partial charge in [-0.1, -0.05) is 84.9 Å². The molecule has 0 unspecified atom stereocenters. The number of ketones is 1. The molecule has 0 spiro atoms. The summed E-state index contributed by atoms with van der Waals surface area (Å²) in [5, 5.41) is 0. The second-order valence-electron chi connectivity index (χ2n) is 7.12. The maximum Gasteiger partial charge on any atom is 0.196 e. The molecule has 27 heavy (non-hydrogen) atoms. The molecule has 0 saturated carbocycles. The Morgan fingerprint density at radius 1 is 0.778 bits per heavy atom. The van der Waals surface area contributed by atoms with Crippen LogP contribution in [0.2, 0.25) is 0 Å². The van der Waals surface area contributed by atoms with Gasteiger partial charge >= 0.3 is 0 Å². The number of carbonyl (C=O) groups is 1. The minimum absolute atomic E-state index is 0.00110. The largest absolute Gasteiger partial charge is 0.355 e. The zero-order valence-electron chi connectivity index (χ0n) is 15.6. The Morgan fingerprint density at radius 3 is 1.96 bits per heavy atom. The Balaban J connectivity index is 1.83. The average molecular weight is 357 g/mol. The molecule has 1 heterocycles. The van der Waals surface area contributed by atoms with Crippen LogP contribution in [0.5, 0.6) is 0 Å². The summed E-state index contributed by atoms with van der Waals surface area (Å²) in [4.78, 5) is 15.4. The highest BCUT2D eigenvalue weighted by atomic mass is 16.5. The number of fused-ring (bicyclic) bond motifs is 1. The molecule has 136 valence electrons. The Bertz CT molecular complexity index is 921. The highest BCUT2D eigenvalue weighted by molar-refractivity contribution is 6.00. The number of carbonyl (C=O) groups excluding carboxylic acids is 1. The van der Waals surface area contributed by atoms with Gasteiger partial charge in [-0.05, 0) is 30.8 Å². The lowest BCUT2D eigenvalue weighted by Crippen LogP contribution is -2.36. The molecule has 3 aromatic rings. The van der Waals surface area contributed by atoms with Crippen molar-refractivity contribution in [3.8, 4) is 0 Å². The molecule has 0 amide bonds. The number of Topliss-reactive ketones (excluding diaryl/α,β-unsaturated/α-hetero) is 1. The summed E-state index contributed by atoms with van der Waals surface area (Å²) in [6.45, 7) is 0. The maximum absolute atomic E-state index is 13.3. The number of nitrogens with zero attached hydrogens (tertiary/aromatic N) is 1. The normalized spacial score (nSPS) is 21.7. The van der Waals surface area contributed by atoms with Crippen LogP contribution in [0.4, 0.5) is 0 Å². The second-order valence-corrected chi connectivity index (χ2v) is 7.12. The van der Waals surface area contributed by atoms with Crippen molar-refractivity contribution in [3.05, 3.63) is 107 Å². The van der Waals surface area contributed by atoms with Gasteiger partial charge in [-0.25, -0.2) is 0 Å². The summed E-state index contributed by atoms with van der Waals surface area (Å²) in [5.41, 5.74) is 3.86. The zero-order valence-corrected chi connectivity index (χ0v) is 15.6.